The Kier molecular flexibility index (Phi) is 11.4. The summed E-state index contributed by atoms with van der Waals surface area (Å²) < 4.78 is 145. The minimum absolute atomic E-state index is 0.158. The minimum Gasteiger partial charge on any atom is -0.287 e. The van der Waals surface area contributed by atoms with E-state index < -0.39 is 73.9 Å². The number of hydrogen-bond donors (Lipinski definition) is 0. The topological polar surface area (TPSA) is 34.1 Å². The largest absolute Gasteiger partial charge is 0.461 e. The van der Waals surface area contributed by atoms with E-state index in [1.165, 1.54) is 12.1 Å². The highest BCUT2D eigenvalue weighted by Crippen LogP contribution is 2.48. The molecule has 0 saturated heterocycles. The van der Waals surface area contributed by atoms with Crippen LogP contribution in [0.5, 0.6) is 0 Å². The van der Waals surface area contributed by atoms with Gasteiger partial charge in [0, 0.05) is 22.3 Å². The molecular weight excluding hydrogens is 788 g/mol. The fourth-order valence-electron chi connectivity index (χ4n) is 6.12. The molecule has 6 aromatic rings. The van der Waals surface area contributed by atoms with Crippen LogP contribution in [0, 0.1) is 0 Å². The molecule has 0 spiro atoms. The number of ketones is 2. The maximum absolute atomic E-state index is 15.3. The van der Waals surface area contributed by atoms with E-state index in [1.54, 1.807) is 121 Å². The molecule has 0 fully saturated rings. The summed E-state index contributed by atoms with van der Waals surface area (Å²) in [4.78, 5) is 27.5. The first kappa shape index (κ1) is 40.5. The number of carbonyl (C=O) groups excluding carboxylic acids is 2. The van der Waals surface area contributed by atoms with E-state index in [0.717, 1.165) is 12.1 Å². The maximum atomic E-state index is 15.3. The molecule has 14 heteroatoms. The van der Waals surface area contributed by atoms with E-state index in [-0.39, 0.29) is 10.6 Å². The van der Waals surface area contributed by atoms with Crippen molar-refractivity contribution in [3.05, 3.63) is 169 Å². The predicted octanol–water partition coefficient (Wildman–Crippen LogP) is 9.63. The van der Waals surface area contributed by atoms with Crippen molar-refractivity contribution >= 4 is 59.2 Å². The predicted molar refractivity (Wildman–Crippen MR) is 200 cm³/mol. The zero-order chi connectivity index (χ0) is 40.5. The van der Waals surface area contributed by atoms with Gasteiger partial charge in [0.15, 0.2) is 0 Å². The van der Waals surface area contributed by atoms with Gasteiger partial charge in [-0.1, -0.05) is 158 Å². The molecule has 0 unspecified atom stereocenters. The Morgan fingerprint density at radius 1 is 0.339 bits per heavy atom. The second-order valence-corrected chi connectivity index (χ2v) is 16.6. The number of carbonyl (C=O) groups is 2. The first-order chi connectivity index (χ1) is 26.5. The summed E-state index contributed by atoms with van der Waals surface area (Å²) in [7, 11) is -4.22. The smallest absolute Gasteiger partial charge is 0.287 e. The molecule has 0 radical (unpaired) electrons. The lowest BCUT2D eigenvalue weighted by molar-refractivity contribution is -0.256. The second kappa shape index (κ2) is 15.8. The Hall–Kier alpha value is -5.18. The molecule has 0 bridgehead atoms. The standard InChI is InChI=1S/C42H26F10O2P2/c43-39(44,41(47,48)49)37(53)31-23-13-25-33(55(27-15-5-1-6-16-27)28-17-7-2-8-18-28)35(31)36-32(38(54)40(45,46)42(50,51)52)24-14-26-34(36)56(29-19-9-3-10-20-29)30-21-11-4-12-22-30/h1-26H. The van der Waals surface area contributed by atoms with Crippen molar-refractivity contribution < 1.29 is 53.5 Å². The number of rotatable bonds is 11. The monoisotopic (exact) mass is 814 g/mol. The number of hydrogen-bond acceptors (Lipinski definition) is 2. The van der Waals surface area contributed by atoms with Crippen LogP contribution in [-0.4, -0.2) is 35.8 Å². The summed E-state index contributed by atoms with van der Waals surface area (Å²) in [5.41, 5.74) is -4.29. The molecule has 0 aliphatic rings. The van der Waals surface area contributed by atoms with Gasteiger partial charge >= 0.3 is 24.2 Å². The van der Waals surface area contributed by atoms with Crippen LogP contribution in [0.4, 0.5) is 43.9 Å². The van der Waals surface area contributed by atoms with Gasteiger partial charge in [0.2, 0.25) is 11.6 Å². The van der Waals surface area contributed by atoms with E-state index >= 15 is 17.6 Å². The molecule has 2 nitrogen and oxygen atoms in total. The zero-order valence-corrected chi connectivity index (χ0v) is 30.3. The van der Waals surface area contributed by atoms with Crippen molar-refractivity contribution in [1.29, 1.82) is 0 Å². The normalized spacial score (nSPS) is 12.6. The number of Topliss-reactive ketones (excluding diaryl/α,β-unsaturated/α-hetero) is 2. The van der Waals surface area contributed by atoms with E-state index in [0.29, 0.717) is 33.4 Å². The molecule has 0 heterocycles. The van der Waals surface area contributed by atoms with Crippen LogP contribution in [-0.2, 0) is 0 Å². The molecule has 0 N–H and O–H groups in total. The second-order valence-electron chi connectivity index (χ2n) is 12.2. The molecule has 0 atom stereocenters. The number of halogens is 10. The molecule has 0 aliphatic heterocycles. The molecule has 56 heavy (non-hydrogen) atoms. The van der Waals surface area contributed by atoms with Crippen LogP contribution in [0.15, 0.2) is 158 Å². The molecule has 0 saturated carbocycles. The van der Waals surface area contributed by atoms with Crippen molar-refractivity contribution in [2.45, 2.75) is 24.2 Å². The maximum Gasteiger partial charge on any atom is 0.461 e. The first-order valence-electron chi connectivity index (χ1n) is 16.5. The average molecular weight is 815 g/mol. The number of alkyl halides is 10. The Labute approximate surface area is 316 Å². The Bertz CT molecular complexity index is 2090. The van der Waals surface area contributed by atoms with Gasteiger partial charge in [-0.25, -0.2) is 0 Å². The Morgan fingerprint density at radius 2 is 0.589 bits per heavy atom. The van der Waals surface area contributed by atoms with Gasteiger partial charge in [-0.2, -0.15) is 43.9 Å². The number of benzene rings is 6. The highest BCUT2D eigenvalue weighted by molar-refractivity contribution is 7.80. The van der Waals surface area contributed by atoms with E-state index in [1.807, 2.05) is 0 Å². The van der Waals surface area contributed by atoms with Gasteiger partial charge in [0.05, 0.1) is 0 Å². The van der Waals surface area contributed by atoms with Crippen LogP contribution >= 0.6 is 15.8 Å². The summed E-state index contributed by atoms with van der Waals surface area (Å²) in [6, 6.07) is 38.2. The quantitative estimate of drug-likeness (QED) is 0.0743. The SMILES string of the molecule is O=C(c1cccc(P(c2ccccc2)c2ccccc2)c1-c1c(C(=O)C(F)(F)C(F)(F)F)cccc1P(c1ccccc1)c1ccccc1)C(F)(F)C(F)(F)F. The van der Waals surface area contributed by atoms with Gasteiger partial charge in [0.25, 0.3) is 0 Å². The summed E-state index contributed by atoms with van der Waals surface area (Å²) >= 11 is 0. The average Bonchev–Trinajstić information content (AvgIpc) is 3.18. The van der Waals surface area contributed by atoms with Crippen LogP contribution in [0.3, 0.4) is 0 Å². The Balaban J connectivity index is 1.85. The minimum atomic E-state index is -6.44. The molecule has 0 amide bonds. The van der Waals surface area contributed by atoms with Crippen molar-refractivity contribution in [3.8, 4) is 11.1 Å². The summed E-state index contributed by atoms with van der Waals surface area (Å²) in [6.45, 7) is 0. The lowest BCUT2D eigenvalue weighted by atomic mass is 9.89. The first-order valence-corrected chi connectivity index (χ1v) is 19.2. The van der Waals surface area contributed by atoms with E-state index in [2.05, 4.69) is 0 Å². The fraction of sp³-hybridized carbons (Fsp3) is 0.0952. The lowest BCUT2D eigenvalue weighted by Crippen LogP contribution is -2.45. The third-order valence-corrected chi connectivity index (χ3v) is 13.6. The molecule has 286 valence electrons. The van der Waals surface area contributed by atoms with Crippen molar-refractivity contribution in [2.75, 3.05) is 0 Å². The van der Waals surface area contributed by atoms with Gasteiger partial charge in [-0.05, 0) is 47.7 Å². The van der Waals surface area contributed by atoms with Gasteiger partial charge < -0.3 is 0 Å². The highest BCUT2D eigenvalue weighted by atomic mass is 31.1. The van der Waals surface area contributed by atoms with Crippen molar-refractivity contribution in [1.82, 2.24) is 0 Å². The summed E-state index contributed by atoms with van der Waals surface area (Å²) in [5.74, 6) is -17.7. The zero-order valence-electron chi connectivity index (χ0n) is 28.5. The van der Waals surface area contributed by atoms with Gasteiger partial charge in [0.1, 0.15) is 0 Å². The third-order valence-electron chi connectivity index (χ3n) is 8.65. The van der Waals surface area contributed by atoms with Crippen LogP contribution in [0.1, 0.15) is 20.7 Å². The van der Waals surface area contributed by atoms with Crippen LogP contribution < -0.4 is 31.8 Å². The fourth-order valence-corrected chi connectivity index (χ4v) is 11.1. The van der Waals surface area contributed by atoms with Gasteiger partial charge in [-0.15, -0.1) is 0 Å². The third kappa shape index (κ3) is 7.65. The van der Waals surface area contributed by atoms with E-state index in [4.69, 9.17) is 0 Å². The van der Waals surface area contributed by atoms with Gasteiger partial charge in [-0.3, -0.25) is 9.59 Å². The molecule has 6 rings (SSSR count). The van der Waals surface area contributed by atoms with Crippen LogP contribution in [0.2, 0.25) is 0 Å². The molecule has 6 aromatic carbocycles. The molecular formula is C42H26F10O2P2. The van der Waals surface area contributed by atoms with Crippen molar-refractivity contribution in [3.63, 3.8) is 0 Å². The summed E-state index contributed by atoms with van der Waals surface area (Å²) in [5, 5.41) is 1.47. The van der Waals surface area contributed by atoms with Crippen LogP contribution in [0.25, 0.3) is 11.1 Å². The lowest BCUT2D eigenvalue weighted by Gasteiger charge is -2.30. The summed E-state index contributed by atoms with van der Waals surface area (Å²) in [6.07, 6.45) is -12.9. The highest BCUT2D eigenvalue weighted by Gasteiger charge is 2.65. The van der Waals surface area contributed by atoms with Crippen molar-refractivity contribution in [2.24, 2.45) is 0 Å². The Morgan fingerprint density at radius 3 is 0.821 bits per heavy atom. The molecule has 0 aliphatic carbocycles. The van der Waals surface area contributed by atoms with E-state index in [9.17, 15) is 35.9 Å². The molecule has 0 aromatic heterocycles.